The predicted octanol–water partition coefficient (Wildman–Crippen LogP) is 2.03. The highest BCUT2D eigenvalue weighted by molar-refractivity contribution is 7.99. The summed E-state index contributed by atoms with van der Waals surface area (Å²) >= 11 is 1.77. The molecular formula is C14H17N3S. The van der Waals surface area contributed by atoms with Crippen molar-refractivity contribution in [2.75, 3.05) is 18.1 Å². The fourth-order valence-corrected chi connectivity index (χ4v) is 2.38. The van der Waals surface area contributed by atoms with E-state index >= 15 is 0 Å². The van der Waals surface area contributed by atoms with Crippen molar-refractivity contribution in [2.24, 2.45) is 7.05 Å². The molecule has 1 aromatic heterocycles. The zero-order valence-electron chi connectivity index (χ0n) is 10.5. The molecule has 0 amide bonds. The normalized spacial score (nSPS) is 10.7. The number of aryl methyl sites for hydroxylation is 1. The SMILES string of the molecule is C#CCSCCNCc1nc2ccccc2n1C. The Morgan fingerprint density at radius 1 is 1.44 bits per heavy atom. The van der Waals surface area contributed by atoms with E-state index in [9.17, 15) is 0 Å². The Kier molecular flexibility index (Phi) is 4.68. The Morgan fingerprint density at radius 2 is 2.28 bits per heavy atom. The van der Waals surface area contributed by atoms with Crippen molar-refractivity contribution in [2.45, 2.75) is 6.54 Å². The van der Waals surface area contributed by atoms with Gasteiger partial charge in [0.1, 0.15) is 5.82 Å². The molecule has 0 fully saturated rings. The number of para-hydroxylation sites is 2. The van der Waals surface area contributed by atoms with Crippen molar-refractivity contribution in [1.82, 2.24) is 14.9 Å². The van der Waals surface area contributed by atoms with Crippen LogP contribution in [0.1, 0.15) is 5.82 Å². The maximum atomic E-state index is 5.19. The fourth-order valence-electron chi connectivity index (χ4n) is 1.83. The highest BCUT2D eigenvalue weighted by atomic mass is 32.2. The minimum absolute atomic E-state index is 0.786. The molecule has 0 atom stereocenters. The van der Waals surface area contributed by atoms with E-state index in [0.717, 1.165) is 35.9 Å². The largest absolute Gasteiger partial charge is 0.330 e. The summed E-state index contributed by atoms with van der Waals surface area (Å²) in [6, 6.07) is 8.19. The van der Waals surface area contributed by atoms with Gasteiger partial charge in [-0.2, -0.15) is 0 Å². The van der Waals surface area contributed by atoms with E-state index in [1.54, 1.807) is 11.8 Å². The number of aromatic nitrogens is 2. The maximum absolute atomic E-state index is 5.19. The van der Waals surface area contributed by atoms with E-state index in [-0.39, 0.29) is 0 Å². The molecule has 0 aliphatic rings. The van der Waals surface area contributed by atoms with Gasteiger partial charge >= 0.3 is 0 Å². The Hall–Kier alpha value is -1.44. The first-order valence-corrected chi connectivity index (χ1v) is 7.10. The highest BCUT2D eigenvalue weighted by Crippen LogP contribution is 2.13. The number of terminal acetylenes is 1. The number of rotatable bonds is 6. The molecule has 0 unspecified atom stereocenters. The van der Waals surface area contributed by atoms with Gasteiger partial charge in [0.25, 0.3) is 0 Å². The van der Waals surface area contributed by atoms with Crippen molar-refractivity contribution in [3.8, 4) is 12.3 Å². The maximum Gasteiger partial charge on any atom is 0.123 e. The number of fused-ring (bicyclic) bond motifs is 1. The molecule has 2 aromatic rings. The van der Waals surface area contributed by atoms with Gasteiger partial charge in [-0.05, 0) is 12.1 Å². The second-order valence-electron chi connectivity index (χ2n) is 4.01. The third kappa shape index (κ3) is 3.06. The summed E-state index contributed by atoms with van der Waals surface area (Å²) in [7, 11) is 2.05. The summed E-state index contributed by atoms with van der Waals surface area (Å²) < 4.78 is 2.14. The Morgan fingerprint density at radius 3 is 3.06 bits per heavy atom. The molecule has 1 heterocycles. The van der Waals surface area contributed by atoms with Crippen molar-refractivity contribution < 1.29 is 0 Å². The molecule has 0 spiro atoms. The van der Waals surface area contributed by atoms with Crippen LogP contribution in [0.25, 0.3) is 11.0 Å². The van der Waals surface area contributed by atoms with Gasteiger partial charge in [-0.25, -0.2) is 4.98 Å². The quantitative estimate of drug-likeness (QED) is 0.636. The van der Waals surface area contributed by atoms with Gasteiger partial charge < -0.3 is 9.88 Å². The average Bonchev–Trinajstić information content (AvgIpc) is 2.71. The zero-order chi connectivity index (χ0) is 12.8. The molecule has 0 bridgehead atoms. The summed E-state index contributed by atoms with van der Waals surface area (Å²) in [6.45, 7) is 1.75. The molecule has 0 aliphatic carbocycles. The number of nitrogens with one attached hydrogen (secondary N) is 1. The van der Waals surface area contributed by atoms with E-state index in [1.807, 2.05) is 18.2 Å². The molecule has 0 aliphatic heterocycles. The topological polar surface area (TPSA) is 29.9 Å². The summed E-state index contributed by atoms with van der Waals surface area (Å²) in [5.74, 6) is 5.51. The monoisotopic (exact) mass is 259 g/mol. The summed E-state index contributed by atoms with van der Waals surface area (Å²) in [4.78, 5) is 4.61. The number of hydrogen-bond acceptors (Lipinski definition) is 3. The Bertz CT molecular complexity index is 554. The van der Waals surface area contributed by atoms with Crippen LogP contribution in [0, 0.1) is 12.3 Å². The van der Waals surface area contributed by atoms with Crippen LogP contribution in [-0.2, 0) is 13.6 Å². The van der Waals surface area contributed by atoms with Gasteiger partial charge in [0.2, 0.25) is 0 Å². The van der Waals surface area contributed by atoms with Crippen LogP contribution < -0.4 is 5.32 Å². The minimum Gasteiger partial charge on any atom is -0.330 e. The van der Waals surface area contributed by atoms with Crippen molar-refractivity contribution in [3.63, 3.8) is 0 Å². The van der Waals surface area contributed by atoms with Crippen LogP contribution in [0.15, 0.2) is 24.3 Å². The highest BCUT2D eigenvalue weighted by Gasteiger charge is 2.05. The predicted molar refractivity (Wildman–Crippen MR) is 78.6 cm³/mol. The summed E-state index contributed by atoms with van der Waals surface area (Å²) in [5.41, 5.74) is 2.23. The van der Waals surface area contributed by atoms with Crippen LogP contribution in [-0.4, -0.2) is 27.6 Å². The third-order valence-electron chi connectivity index (χ3n) is 2.77. The smallest absolute Gasteiger partial charge is 0.123 e. The fraction of sp³-hybridized carbons (Fsp3) is 0.357. The lowest BCUT2D eigenvalue weighted by molar-refractivity contribution is 0.670. The lowest BCUT2D eigenvalue weighted by atomic mass is 10.3. The van der Waals surface area contributed by atoms with Crippen LogP contribution in [0.4, 0.5) is 0 Å². The van der Waals surface area contributed by atoms with Gasteiger partial charge in [0, 0.05) is 19.3 Å². The number of benzene rings is 1. The van der Waals surface area contributed by atoms with E-state index in [4.69, 9.17) is 6.42 Å². The standard InChI is InChI=1S/C14H17N3S/c1-3-9-18-10-8-15-11-14-16-12-6-4-5-7-13(12)17(14)2/h1,4-7,15H,8-11H2,2H3. The van der Waals surface area contributed by atoms with Crippen LogP contribution in [0.3, 0.4) is 0 Å². The van der Waals surface area contributed by atoms with Gasteiger partial charge in [0.05, 0.1) is 23.3 Å². The Balaban J connectivity index is 1.88. The number of thioether (sulfide) groups is 1. The molecule has 3 nitrogen and oxygen atoms in total. The lowest BCUT2D eigenvalue weighted by Crippen LogP contribution is -2.19. The zero-order valence-corrected chi connectivity index (χ0v) is 11.3. The van der Waals surface area contributed by atoms with Gasteiger partial charge in [-0.3, -0.25) is 0 Å². The molecule has 1 aromatic carbocycles. The Labute approximate surface area is 112 Å². The summed E-state index contributed by atoms with van der Waals surface area (Å²) in [6.07, 6.45) is 5.19. The van der Waals surface area contributed by atoms with E-state index in [1.165, 1.54) is 5.52 Å². The molecule has 18 heavy (non-hydrogen) atoms. The van der Waals surface area contributed by atoms with Crippen molar-refractivity contribution in [1.29, 1.82) is 0 Å². The molecular weight excluding hydrogens is 242 g/mol. The minimum atomic E-state index is 0.786. The van der Waals surface area contributed by atoms with Crippen LogP contribution in [0.2, 0.25) is 0 Å². The second-order valence-corrected chi connectivity index (χ2v) is 5.11. The lowest BCUT2D eigenvalue weighted by Gasteiger charge is -2.04. The molecule has 4 heteroatoms. The first-order valence-electron chi connectivity index (χ1n) is 5.95. The average molecular weight is 259 g/mol. The molecule has 94 valence electrons. The molecule has 0 radical (unpaired) electrons. The molecule has 0 saturated heterocycles. The van der Waals surface area contributed by atoms with Gasteiger partial charge in [-0.1, -0.05) is 18.1 Å². The van der Waals surface area contributed by atoms with Crippen LogP contribution in [0.5, 0.6) is 0 Å². The molecule has 0 saturated carbocycles. The van der Waals surface area contributed by atoms with E-state index in [2.05, 4.69) is 33.9 Å². The summed E-state index contributed by atoms with van der Waals surface area (Å²) in [5, 5.41) is 3.39. The second kappa shape index (κ2) is 6.48. The number of imidazole rings is 1. The number of hydrogen-bond donors (Lipinski definition) is 1. The van der Waals surface area contributed by atoms with Crippen molar-refractivity contribution in [3.05, 3.63) is 30.1 Å². The van der Waals surface area contributed by atoms with Crippen LogP contribution >= 0.6 is 11.8 Å². The van der Waals surface area contributed by atoms with Gasteiger partial charge in [-0.15, -0.1) is 18.2 Å². The third-order valence-corrected chi connectivity index (χ3v) is 3.64. The van der Waals surface area contributed by atoms with Crippen molar-refractivity contribution >= 4 is 22.8 Å². The number of nitrogens with zero attached hydrogens (tertiary/aromatic N) is 2. The van der Waals surface area contributed by atoms with E-state index in [0.29, 0.717) is 0 Å². The van der Waals surface area contributed by atoms with Gasteiger partial charge in [0.15, 0.2) is 0 Å². The van der Waals surface area contributed by atoms with E-state index < -0.39 is 0 Å². The molecule has 1 N–H and O–H groups in total. The molecule has 2 rings (SSSR count). The first-order chi connectivity index (χ1) is 8.83. The first kappa shape index (κ1) is 13.0.